The van der Waals surface area contributed by atoms with Gasteiger partial charge in [-0.25, -0.2) is 4.99 Å². The van der Waals surface area contributed by atoms with Gasteiger partial charge >= 0.3 is 11.9 Å². The Morgan fingerprint density at radius 2 is 0.591 bits per heavy atom. The molecular weight excluding hydrogens is 815 g/mol. The third kappa shape index (κ3) is 42.5. The minimum atomic E-state index is -0.834. The molecule has 0 aliphatic carbocycles. The molecular formula is C60H115NO5. The molecule has 0 amide bonds. The highest BCUT2D eigenvalue weighted by atomic mass is 16.6. The fourth-order valence-electron chi connectivity index (χ4n) is 9.72. The zero-order valence-corrected chi connectivity index (χ0v) is 45.0. The minimum Gasteiger partial charge on any atom is -0.478 e. The van der Waals surface area contributed by atoms with E-state index < -0.39 is 5.54 Å². The van der Waals surface area contributed by atoms with Crippen LogP contribution in [0.5, 0.6) is 0 Å². The van der Waals surface area contributed by atoms with E-state index in [2.05, 4.69) is 20.8 Å². The van der Waals surface area contributed by atoms with Crippen LogP contribution in [0.15, 0.2) is 4.99 Å². The fourth-order valence-corrected chi connectivity index (χ4v) is 9.72. The van der Waals surface area contributed by atoms with Gasteiger partial charge in [-0.1, -0.05) is 303 Å². The van der Waals surface area contributed by atoms with Crippen molar-refractivity contribution < 1.29 is 23.8 Å². The van der Waals surface area contributed by atoms with Crippen LogP contribution in [0.3, 0.4) is 0 Å². The van der Waals surface area contributed by atoms with Crippen molar-refractivity contribution in [1.29, 1.82) is 0 Å². The molecule has 0 unspecified atom stereocenters. The van der Waals surface area contributed by atoms with Crippen LogP contribution in [0.2, 0.25) is 0 Å². The Kier molecular flexibility index (Phi) is 47.1. The molecule has 6 nitrogen and oxygen atoms in total. The summed E-state index contributed by atoms with van der Waals surface area (Å²) >= 11 is 0. The Labute approximate surface area is 412 Å². The lowest BCUT2D eigenvalue weighted by Crippen LogP contribution is -2.41. The molecule has 0 saturated carbocycles. The Morgan fingerprint density at radius 3 is 0.848 bits per heavy atom. The second kappa shape index (κ2) is 49.8. The van der Waals surface area contributed by atoms with Gasteiger partial charge in [0.05, 0.1) is 0 Å². The lowest BCUT2D eigenvalue weighted by Gasteiger charge is -2.23. The Hall–Kier alpha value is -1.59. The molecule has 0 aromatic carbocycles. The highest BCUT2D eigenvalue weighted by Gasteiger charge is 2.40. The van der Waals surface area contributed by atoms with Crippen molar-refractivity contribution in [2.75, 3.05) is 19.8 Å². The van der Waals surface area contributed by atoms with Crippen LogP contribution in [-0.2, 0) is 23.8 Å². The summed E-state index contributed by atoms with van der Waals surface area (Å²) in [5, 5.41) is 0. The van der Waals surface area contributed by atoms with Crippen LogP contribution in [0.4, 0.5) is 0 Å². The maximum atomic E-state index is 12.9. The predicted molar refractivity (Wildman–Crippen MR) is 286 cm³/mol. The second-order valence-electron chi connectivity index (χ2n) is 21.1. The highest BCUT2D eigenvalue weighted by Crippen LogP contribution is 2.25. The van der Waals surface area contributed by atoms with Gasteiger partial charge in [0, 0.05) is 19.3 Å². The predicted octanol–water partition coefficient (Wildman–Crippen LogP) is 19.8. The van der Waals surface area contributed by atoms with Gasteiger partial charge < -0.3 is 14.2 Å². The van der Waals surface area contributed by atoms with Crippen molar-refractivity contribution in [3.8, 4) is 0 Å². The van der Waals surface area contributed by atoms with Crippen molar-refractivity contribution in [3.05, 3.63) is 0 Å². The van der Waals surface area contributed by atoms with Gasteiger partial charge in [-0.2, -0.15) is 0 Å². The molecule has 1 heterocycles. The quantitative estimate of drug-likeness (QED) is 0.0449. The number of esters is 2. The molecule has 0 atom stereocenters. The number of carbonyl (C=O) groups is 2. The van der Waals surface area contributed by atoms with E-state index in [1.165, 1.54) is 270 Å². The van der Waals surface area contributed by atoms with Crippen LogP contribution >= 0.6 is 0 Å². The third-order valence-corrected chi connectivity index (χ3v) is 14.3. The van der Waals surface area contributed by atoms with E-state index in [9.17, 15) is 9.59 Å². The van der Waals surface area contributed by atoms with E-state index in [0.29, 0.717) is 19.4 Å². The number of ether oxygens (including phenoxy) is 3. The van der Waals surface area contributed by atoms with Gasteiger partial charge in [0.2, 0.25) is 0 Å². The molecule has 0 N–H and O–H groups in total. The molecule has 390 valence electrons. The van der Waals surface area contributed by atoms with Gasteiger partial charge in [0.15, 0.2) is 11.4 Å². The zero-order valence-electron chi connectivity index (χ0n) is 45.0. The standard InChI is InChI=1S/C60H115NO5/c1-4-7-10-13-16-19-22-25-28-29-32-33-36-39-42-45-48-51-57-61-60(54-64-57,55-65-58(62)52-49-46-43-40-37-34-30-26-23-20-17-14-11-8-5-2)56-66-59(63)53-50-47-44-41-38-35-31-27-24-21-18-15-12-9-6-3/h4-56H2,1-3H3. The minimum absolute atomic E-state index is 0.110. The number of unbranched alkanes of at least 4 members (excludes halogenated alkanes) is 44. The van der Waals surface area contributed by atoms with Crippen LogP contribution < -0.4 is 0 Å². The monoisotopic (exact) mass is 930 g/mol. The lowest BCUT2D eigenvalue weighted by atomic mass is 10.0. The van der Waals surface area contributed by atoms with E-state index in [0.717, 1.165) is 44.4 Å². The first-order valence-electron chi connectivity index (χ1n) is 30.1. The highest BCUT2D eigenvalue weighted by molar-refractivity contribution is 5.78. The van der Waals surface area contributed by atoms with Crippen LogP contribution in [0.25, 0.3) is 0 Å². The van der Waals surface area contributed by atoms with Crippen molar-refractivity contribution in [3.63, 3.8) is 0 Å². The maximum Gasteiger partial charge on any atom is 0.305 e. The molecule has 0 aromatic heterocycles. The summed E-state index contributed by atoms with van der Waals surface area (Å²) in [6.07, 6.45) is 63.8. The topological polar surface area (TPSA) is 74.2 Å². The molecule has 1 aliphatic rings. The first-order valence-corrected chi connectivity index (χ1v) is 30.1. The van der Waals surface area contributed by atoms with Gasteiger partial charge in [-0.05, 0) is 19.3 Å². The van der Waals surface area contributed by atoms with Crippen molar-refractivity contribution >= 4 is 17.8 Å². The molecule has 1 aliphatic heterocycles. The molecule has 0 aromatic rings. The van der Waals surface area contributed by atoms with Gasteiger partial charge in [0.1, 0.15) is 19.8 Å². The Balaban J connectivity index is 2.32. The van der Waals surface area contributed by atoms with Crippen LogP contribution in [-0.4, -0.2) is 43.2 Å². The molecule has 0 fully saturated rings. The van der Waals surface area contributed by atoms with Crippen molar-refractivity contribution in [2.45, 2.75) is 347 Å². The summed E-state index contributed by atoms with van der Waals surface area (Å²) < 4.78 is 17.8. The summed E-state index contributed by atoms with van der Waals surface area (Å²) in [6, 6.07) is 0. The summed E-state index contributed by atoms with van der Waals surface area (Å²) in [6.45, 7) is 7.39. The average molecular weight is 931 g/mol. The number of carbonyl (C=O) groups excluding carboxylic acids is 2. The van der Waals surface area contributed by atoms with Gasteiger partial charge in [0.25, 0.3) is 0 Å². The fraction of sp³-hybridized carbons (Fsp3) is 0.950. The first kappa shape index (κ1) is 62.4. The summed E-state index contributed by atoms with van der Waals surface area (Å²) in [4.78, 5) is 30.7. The lowest BCUT2D eigenvalue weighted by molar-refractivity contribution is -0.150. The van der Waals surface area contributed by atoms with Gasteiger partial charge in [-0.3, -0.25) is 9.59 Å². The maximum absolute atomic E-state index is 12.9. The normalized spacial score (nSPS) is 13.3. The number of aliphatic imine (C=N–C) groups is 1. The summed E-state index contributed by atoms with van der Waals surface area (Å²) in [5.41, 5.74) is -0.834. The molecule has 1 rings (SSSR count). The van der Waals surface area contributed by atoms with Crippen molar-refractivity contribution in [2.24, 2.45) is 4.99 Å². The average Bonchev–Trinajstić information content (AvgIpc) is 3.74. The van der Waals surface area contributed by atoms with Gasteiger partial charge in [-0.15, -0.1) is 0 Å². The van der Waals surface area contributed by atoms with E-state index in [1.807, 2.05) is 0 Å². The zero-order chi connectivity index (χ0) is 47.5. The van der Waals surface area contributed by atoms with Crippen LogP contribution in [0, 0.1) is 0 Å². The van der Waals surface area contributed by atoms with E-state index in [-0.39, 0.29) is 25.2 Å². The summed E-state index contributed by atoms with van der Waals surface area (Å²) in [7, 11) is 0. The number of hydrogen-bond donors (Lipinski definition) is 0. The Bertz CT molecular complexity index is 1010. The third-order valence-electron chi connectivity index (χ3n) is 14.3. The van der Waals surface area contributed by atoms with E-state index in [1.54, 1.807) is 0 Å². The molecule has 6 heteroatoms. The molecule has 0 spiro atoms. The number of rotatable bonds is 54. The Morgan fingerprint density at radius 1 is 0.364 bits per heavy atom. The smallest absolute Gasteiger partial charge is 0.305 e. The second-order valence-corrected chi connectivity index (χ2v) is 21.1. The number of nitrogens with zero attached hydrogens (tertiary/aromatic N) is 1. The first-order chi connectivity index (χ1) is 32.5. The molecule has 66 heavy (non-hydrogen) atoms. The van der Waals surface area contributed by atoms with Crippen LogP contribution in [0.1, 0.15) is 342 Å². The molecule has 0 saturated heterocycles. The SMILES string of the molecule is CCCCCCCCCCCCCCCCCCCC1=NC(COC(=O)CCCCCCCCCCCCCCCCC)(COC(=O)CCCCCCCCCCCCCCCCC)CO1. The number of hydrogen-bond acceptors (Lipinski definition) is 6. The van der Waals surface area contributed by atoms with Crippen molar-refractivity contribution in [1.82, 2.24) is 0 Å². The summed E-state index contributed by atoms with van der Waals surface area (Å²) in [5.74, 6) is 0.378. The largest absolute Gasteiger partial charge is 0.478 e. The van der Waals surface area contributed by atoms with E-state index >= 15 is 0 Å². The molecule has 0 bridgehead atoms. The molecule has 0 radical (unpaired) electrons. The van der Waals surface area contributed by atoms with E-state index in [4.69, 9.17) is 19.2 Å².